The number of rotatable bonds is 6. The molecule has 0 saturated heterocycles. The number of carbonyl (C=O) groups is 2. The van der Waals surface area contributed by atoms with E-state index in [2.05, 4.69) is 15.3 Å². The summed E-state index contributed by atoms with van der Waals surface area (Å²) in [4.78, 5) is 29.7. The lowest BCUT2D eigenvalue weighted by Crippen LogP contribution is -2.33. The summed E-state index contributed by atoms with van der Waals surface area (Å²) in [6, 6.07) is 10.6. The van der Waals surface area contributed by atoms with Gasteiger partial charge in [0.15, 0.2) is 0 Å². The van der Waals surface area contributed by atoms with E-state index in [1.807, 2.05) is 32.0 Å². The van der Waals surface area contributed by atoms with E-state index in [9.17, 15) is 14.7 Å². The van der Waals surface area contributed by atoms with E-state index < -0.39 is 24.0 Å². The molecule has 3 rings (SSSR count). The Morgan fingerprint density at radius 3 is 2.52 bits per heavy atom. The summed E-state index contributed by atoms with van der Waals surface area (Å²) >= 11 is 0. The molecule has 0 fully saturated rings. The molecule has 2 aromatic carbocycles. The highest BCUT2D eigenvalue weighted by atomic mass is 16.4. The Labute approximate surface area is 156 Å². The van der Waals surface area contributed by atoms with Crippen molar-refractivity contribution >= 4 is 22.6 Å². The number of fused-ring (bicyclic) bond motifs is 1. The lowest BCUT2D eigenvalue weighted by Gasteiger charge is -2.31. The second-order valence-electron chi connectivity index (χ2n) is 6.73. The van der Waals surface area contributed by atoms with Gasteiger partial charge in [-0.2, -0.15) is 0 Å². The van der Waals surface area contributed by atoms with Gasteiger partial charge < -0.3 is 20.5 Å². The number of nitrogens with zero attached hydrogens (tertiary/aromatic N) is 1. The molecule has 27 heavy (non-hydrogen) atoms. The zero-order valence-electron chi connectivity index (χ0n) is 15.1. The molecular weight excluding hydrogens is 346 g/mol. The van der Waals surface area contributed by atoms with Crippen molar-refractivity contribution in [3.63, 3.8) is 0 Å². The van der Waals surface area contributed by atoms with Crippen LogP contribution >= 0.6 is 0 Å². The minimum atomic E-state index is -1.24. The number of hydrogen-bond acceptors (Lipinski definition) is 4. The van der Waals surface area contributed by atoms with Crippen molar-refractivity contribution < 1.29 is 19.8 Å². The first-order valence-corrected chi connectivity index (χ1v) is 8.58. The molecule has 3 aromatic rings. The van der Waals surface area contributed by atoms with Crippen molar-refractivity contribution in [2.24, 2.45) is 5.92 Å². The van der Waals surface area contributed by atoms with Crippen molar-refractivity contribution in [2.45, 2.75) is 19.4 Å². The third-order valence-corrected chi connectivity index (χ3v) is 4.67. The number of benzene rings is 2. The fourth-order valence-corrected chi connectivity index (χ4v) is 3.13. The Balaban J connectivity index is 1.97. The summed E-state index contributed by atoms with van der Waals surface area (Å²) in [5, 5.41) is 24.0. The predicted molar refractivity (Wildman–Crippen MR) is 100 cm³/mol. The topological polar surface area (TPSA) is 115 Å². The van der Waals surface area contributed by atoms with Crippen molar-refractivity contribution in [3.05, 3.63) is 65.7 Å². The summed E-state index contributed by atoms with van der Waals surface area (Å²) in [5.41, 5.74) is 0.385. The summed E-state index contributed by atoms with van der Waals surface area (Å²) in [6.07, 6.45) is 3.21. The number of aromatic nitrogens is 2. The van der Waals surface area contributed by atoms with E-state index in [4.69, 9.17) is 5.11 Å². The molecule has 0 aliphatic carbocycles. The molecule has 140 valence electrons. The van der Waals surface area contributed by atoms with Gasteiger partial charge in [0, 0.05) is 11.8 Å². The number of nitrogens with one attached hydrogen (secondary N) is 2. The monoisotopic (exact) mass is 367 g/mol. The Hall–Kier alpha value is -3.19. The zero-order chi connectivity index (χ0) is 19.6. The standard InChI is InChI=1S/C20H21N3O4/c1-12(2)20(27,17-9-21-11-23-17)16-6-5-13-7-15(4-3-14(13)8-16)19(26)22-10-18(24)25/h3-9,11-12,27H,10H2,1-2H3,(H,21,23)(H,22,26)(H,24,25). The van der Waals surface area contributed by atoms with Crippen LogP contribution in [0.15, 0.2) is 48.9 Å². The molecule has 1 heterocycles. The second kappa shape index (κ2) is 7.20. The number of carboxylic acids is 1. The first-order chi connectivity index (χ1) is 12.8. The van der Waals surface area contributed by atoms with Crippen molar-refractivity contribution in [1.29, 1.82) is 0 Å². The van der Waals surface area contributed by atoms with E-state index in [1.54, 1.807) is 24.4 Å². The van der Waals surface area contributed by atoms with Crippen LogP contribution in [0.4, 0.5) is 0 Å². The lowest BCUT2D eigenvalue weighted by molar-refractivity contribution is -0.135. The maximum Gasteiger partial charge on any atom is 0.322 e. The summed E-state index contributed by atoms with van der Waals surface area (Å²) < 4.78 is 0. The van der Waals surface area contributed by atoms with Gasteiger partial charge in [0.2, 0.25) is 0 Å². The van der Waals surface area contributed by atoms with Gasteiger partial charge >= 0.3 is 5.97 Å². The molecule has 1 aromatic heterocycles. The molecule has 1 amide bonds. The molecule has 0 radical (unpaired) electrons. The number of carbonyl (C=O) groups excluding carboxylic acids is 1. The zero-order valence-corrected chi connectivity index (χ0v) is 15.1. The maximum atomic E-state index is 12.0. The van der Waals surface area contributed by atoms with Gasteiger partial charge in [-0.05, 0) is 40.5 Å². The molecular formula is C20H21N3O4. The highest BCUT2D eigenvalue weighted by Gasteiger charge is 2.37. The van der Waals surface area contributed by atoms with E-state index in [0.717, 1.165) is 10.8 Å². The molecule has 4 N–H and O–H groups in total. The summed E-state index contributed by atoms with van der Waals surface area (Å²) in [6.45, 7) is 3.42. The SMILES string of the molecule is CC(C)C(O)(c1ccc2cc(C(=O)NCC(=O)O)ccc2c1)c1c[nH]cn1. The number of aliphatic hydroxyl groups is 1. The smallest absolute Gasteiger partial charge is 0.322 e. The number of H-pyrrole nitrogens is 1. The fraction of sp³-hybridized carbons (Fsp3) is 0.250. The van der Waals surface area contributed by atoms with Crippen molar-refractivity contribution in [2.75, 3.05) is 6.54 Å². The molecule has 1 atom stereocenters. The van der Waals surface area contributed by atoms with Gasteiger partial charge in [0.1, 0.15) is 12.1 Å². The van der Waals surface area contributed by atoms with Crippen molar-refractivity contribution in [1.82, 2.24) is 15.3 Å². The van der Waals surface area contributed by atoms with E-state index in [1.165, 1.54) is 6.33 Å². The van der Waals surface area contributed by atoms with Crippen LogP contribution in [-0.4, -0.2) is 38.6 Å². The molecule has 0 spiro atoms. The average Bonchev–Trinajstić information content (AvgIpc) is 3.19. The van der Waals surface area contributed by atoms with Crippen molar-refractivity contribution in [3.8, 4) is 0 Å². The minimum Gasteiger partial charge on any atom is -0.480 e. The normalized spacial score (nSPS) is 13.5. The van der Waals surface area contributed by atoms with Gasteiger partial charge in [-0.15, -0.1) is 0 Å². The molecule has 0 saturated carbocycles. The molecule has 0 aliphatic rings. The number of aliphatic carboxylic acids is 1. The van der Waals surface area contributed by atoms with E-state index >= 15 is 0 Å². The van der Waals surface area contributed by atoms with Crippen LogP contribution in [0, 0.1) is 5.92 Å². The van der Waals surface area contributed by atoms with E-state index in [0.29, 0.717) is 16.8 Å². The molecule has 0 aliphatic heterocycles. The molecule has 7 heteroatoms. The van der Waals surface area contributed by atoms with Crippen LogP contribution in [0.3, 0.4) is 0 Å². The fourth-order valence-electron chi connectivity index (χ4n) is 3.13. The third-order valence-electron chi connectivity index (χ3n) is 4.67. The first kappa shape index (κ1) is 18.6. The van der Waals surface area contributed by atoms with Crippen LogP contribution in [0.2, 0.25) is 0 Å². The highest BCUT2D eigenvalue weighted by Crippen LogP contribution is 2.36. The van der Waals surface area contributed by atoms with Crippen LogP contribution < -0.4 is 5.32 Å². The van der Waals surface area contributed by atoms with Crippen LogP contribution in [0.5, 0.6) is 0 Å². The van der Waals surface area contributed by atoms with Gasteiger partial charge in [-0.3, -0.25) is 9.59 Å². The Morgan fingerprint density at radius 1 is 1.19 bits per heavy atom. The number of hydrogen-bond donors (Lipinski definition) is 4. The van der Waals surface area contributed by atoms with Gasteiger partial charge in [0.05, 0.1) is 12.0 Å². The van der Waals surface area contributed by atoms with Crippen LogP contribution in [-0.2, 0) is 10.4 Å². The number of carboxylic acid groups (broad SMARTS) is 1. The Bertz CT molecular complexity index is 982. The lowest BCUT2D eigenvalue weighted by atomic mass is 9.80. The second-order valence-corrected chi connectivity index (χ2v) is 6.73. The Morgan fingerprint density at radius 2 is 1.89 bits per heavy atom. The average molecular weight is 367 g/mol. The summed E-state index contributed by atoms with van der Waals surface area (Å²) in [7, 11) is 0. The van der Waals surface area contributed by atoms with Gasteiger partial charge in [0.25, 0.3) is 5.91 Å². The first-order valence-electron chi connectivity index (χ1n) is 8.58. The highest BCUT2D eigenvalue weighted by molar-refractivity contribution is 5.99. The number of aromatic amines is 1. The van der Waals surface area contributed by atoms with Crippen LogP contribution in [0.1, 0.15) is 35.5 Å². The molecule has 1 unspecified atom stereocenters. The molecule has 0 bridgehead atoms. The maximum absolute atomic E-state index is 12.0. The van der Waals surface area contributed by atoms with E-state index in [-0.39, 0.29) is 5.92 Å². The largest absolute Gasteiger partial charge is 0.480 e. The quantitative estimate of drug-likeness (QED) is 0.533. The number of amides is 1. The van der Waals surface area contributed by atoms with Gasteiger partial charge in [-0.25, -0.2) is 4.98 Å². The minimum absolute atomic E-state index is 0.112. The van der Waals surface area contributed by atoms with Gasteiger partial charge in [-0.1, -0.05) is 32.0 Å². The predicted octanol–water partition coefficient (Wildman–Crippen LogP) is 2.27. The molecule has 7 nitrogen and oxygen atoms in total. The van der Waals surface area contributed by atoms with Crippen LogP contribution in [0.25, 0.3) is 10.8 Å². The third kappa shape index (κ3) is 3.54. The number of imidazole rings is 1. The Kier molecular flexibility index (Phi) is 4.96. The summed E-state index contributed by atoms with van der Waals surface area (Å²) in [5.74, 6) is -1.65.